The summed E-state index contributed by atoms with van der Waals surface area (Å²) in [6.07, 6.45) is -3.21. The summed E-state index contributed by atoms with van der Waals surface area (Å²) in [7, 11) is 1.72. The number of fused-ring (bicyclic) bond motifs is 1. The molecule has 2 heterocycles. The fourth-order valence-corrected chi connectivity index (χ4v) is 1.49. The molecular formula is C9H10ClF3N2O. The molecule has 0 radical (unpaired) electrons. The minimum absolute atomic E-state index is 0. The largest absolute Gasteiger partial charge is 0.491 e. The van der Waals surface area contributed by atoms with Gasteiger partial charge in [-0.3, -0.25) is 4.98 Å². The van der Waals surface area contributed by atoms with Crippen LogP contribution in [-0.4, -0.2) is 18.6 Å². The van der Waals surface area contributed by atoms with E-state index in [4.69, 9.17) is 4.74 Å². The Morgan fingerprint density at radius 1 is 1.50 bits per heavy atom. The van der Waals surface area contributed by atoms with Crippen molar-refractivity contribution in [3.63, 3.8) is 0 Å². The molecule has 1 aliphatic rings. The van der Waals surface area contributed by atoms with Crippen molar-refractivity contribution in [1.82, 2.24) is 10.3 Å². The monoisotopic (exact) mass is 254 g/mol. The van der Waals surface area contributed by atoms with Gasteiger partial charge in [-0.25, -0.2) is 0 Å². The lowest BCUT2D eigenvalue weighted by Gasteiger charge is -2.08. The topological polar surface area (TPSA) is 34.1 Å². The van der Waals surface area contributed by atoms with Gasteiger partial charge in [0.05, 0.1) is 6.04 Å². The van der Waals surface area contributed by atoms with Crippen molar-refractivity contribution in [2.45, 2.75) is 12.2 Å². The van der Waals surface area contributed by atoms with Crippen LogP contribution in [0.2, 0.25) is 0 Å². The van der Waals surface area contributed by atoms with Crippen LogP contribution in [0.15, 0.2) is 12.3 Å². The van der Waals surface area contributed by atoms with Crippen LogP contribution in [0.3, 0.4) is 0 Å². The first-order valence-corrected chi connectivity index (χ1v) is 4.39. The fraction of sp³-hybridized carbons (Fsp3) is 0.444. The molecule has 0 amide bonds. The van der Waals surface area contributed by atoms with Crippen molar-refractivity contribution >= 4 is 12.4 Å². The number of alkyl halides is 3. The molecule has 0 spiro atoms. The van der Waals surface area contributed by atoms with Crippen LogP contribution in [0.1, 0.15) is 17.3 Å². The van der Waals surface area contributed by atoms with Crippen molar-refractivity contribution in [3.05, 3.63) is 23.5 Å². The highest BCUT2D eigenvalue weighted by Crippen LogP contribution is 2.36. The second-order valence-electron chi connectivity index (χ2n) is 3.26. The van der Waals surface area contributed by atoms with Gasteiger partial charge in [-0.05, 0) is 7.05 Å². The van der Waals surface area contributed by atoms with Crippen molar-refractivity contribution < 1.29 is 17.9 Å². The number of nitrogens with one attached hydrogen (secondary N) is 1. The lowest BCUT2D eigenvalue weighted by Crippen LogP contribution is -2.17. The number of pyridine rings is 1. The summed E-state index contributed by atoms with van der Waals surface area (Å²) in [6.45, 7) is 0.342. The number of hydrogen-bond donors (Lipinski definition) is 1. The zero-order chi connectivity index (χ0) is 11.1. The van der Waals surface area contributed by atoms with Gasteiger partial charge in [0.1, 0.15) is 18.1 Å². The summed E-state index contributed by atoms with van der Waals surface area (Å²) in [4.78, 5) is 3.37. The Morgan fingerprint density at radius 2 is 2.19 bits per heavy atom. The standard InChI is InChI=1S/C9H9F3N2O.ClH/c1-13-6-4-15-7-2-8(9(10,11)12)14-3-5(6)7;/h2-3,6,13H,4H2,1H3;1H/t6-;/m1./s1. The number of ether oxygens (including phenoxy) is 1. The second-order valence-corrected chi connectivity index (χ2v) is 3.26. The Hall–Kier alpha value is -1.01. The van der Waals surface area contributed by atoms with Crippen molar-refractivity contribution in [3.8, 4) is 5.75 Å². The van der Waals surface area contributed by atoms with E-state index in [2.05, 4.69) is 10.3 Å². The molecule has 16 heavy (non-hydrogen) atoms. The Bertz CT molecular complexity index is 384. The fourth-order valence-electron chi connectivity index (χ4n) is 1.49. The smallest absolute Gasteiger partial charge is 0.433 e. The molecule has 0 saturated heterocycles. The Kier molecular flexibility index (Phi) is 3.64. The normalized spacial score (nSPS) is 18.6. The zero-order valence-electron chi connectivity index (χ0n) is 8.34. The van der Waals surface area contributed by atoms with Gasteiger partial charge < -0.3 is 10.1 Å². The van der Waals surface area contributed by atoms with Crippen LogP contribution in [0.25, 0.3) is 0 Å². The van der Waals surface area contributed by atoms with E-state index in [0.29, 0.717) is 12.2 Å². The number of halogens is 4. The van der Waals surface area contributed by atoms with Crippen molar-refractivity contribution in [1.29, 1.82) is 0 Å². The van der Waals surface area contributed by atoms with Crippen molar-refractivity contribution in [2.24, 2.45) is 0 Å². The summed E-state index contributed by atoms with van der Waals surface area (Å²) in [5.74, 6) is 0.261. The molecule has 0 unspecified atom stereocenters. The molecule has 90 valence electrons. The summed E-state index contributed by atoms with van der Waals surface area (Å²) in [6, 6.07) is 0.863. The average Bonchev–Trinajstić information content (AvgIpc) is 2.58. The van der Waals surface area contributed by atoms with Gasteiger partial charge >= 0.3 is 6.18 Å². The minimum Gasteiger partial charge on any atom is -0.491 e. The van der Waals surface area contributed by atoms with Crippen LogP contribution < -0.4 is 10.1 Å². The third kappa shape index (κ3) is 2.22. The first-order chi connectivity index (χ1) is 7.02. The quantitative estimate of drug-likeness (QED) is 0.834. The molecule has 0 fully saturated rings. The SMILES string of the molecule is CN[C@@H]1COc2cc(C(F)(F)F)ncc21.Cl. The predicted octanol–water partition coefficient (Wildman–Crippen LogP) is 2.18. The number of aromatic nitrogens is 1. The predicted molar refractivity (Wildman–Crippen MR) is 53.8 cm³/mol. The van der Waals surface area contributed by atoms with Gasteiger partial charge in [-0.2, -0.15) is 13.2 Å². The van der Waals surface area contributed by atoms with Crippen LogP contribution in [-0.2, 0) is 6.18 Å². The van der Waals surface area contributed by atoms with E-state index in [0.717, 1.165) is 6.07 Å². The first kappa shape index (κ1) is 13.1. The molecule has 1 atom stereocenters. The summed E-state index contributed by atoms with van der Waals surface area (Å²) >= 11 is 0. The number of nitrogens with zero attached hydrogens (tertiary/aromatic N) is 1. The van der Waals surface area contributed by atoms with E-state index in [1.165, 1.54) is 6.20 Å². The van der Waals surface area contributed by atoms with Gasteiger partial charge in [0.25, 0.3) is 0 Å². The summed E-state index contributed by atoms with van der Waals surface area (Å²) < 4.78 is 42.0. The van der Waals surface area contributed by atoms with Gasteiger partial charge in [-0.15, -0.1) is 12.4 Å². The molecular weight excluding hydrogens is 245 g/mol. The third-order valence-electron chi connectivity index (χ3n) is 2.31. The maximum atomic E-state index is 12.3. The maximum absolute atomic E-state index is 12.3. The molecule has 1 aromatic rings. The molecule has 1 aliphatic heterocycles. The van der Waals surface area contributed by atoms with Crippen LogP contribution in [0.4, 0.5) is 13.2 Å². The van der Waals surface area contributed by atoms with E-state index in [-0.39, 0.29) is 24.2 Å². The molecule has 1 aromatic heterocycles. The van der Waals surface area contributed by atoms with Gasteiger partial charge in [0.15, 0.2) is 0 Å². The Morgan fingerprint density at radius 3 is 2.75 bits per heavy atom. The van der Waals surface area contributed by atoms with Crippen LogP contribution in [0, 0.1) is 0 Å². The molecule has 1 N–H and O–H groups in total. The second kappa shape index (κ2) is 4.47. The lowest BCUT2D eigenvalue weighted by atomic mass is 10.1. The zero-order valence-corrected chi connectivity index (χ0v) is 9.15. The van der Waals surface area contributed by atoms with E-state index in [9.17, 15) is 13.2 Å². The van der Waals surface area contributed by atoms with E-state index in [1.807, 2.05) is 0 Å². The first-order valence-electron chi connectivity index (χ1n) is 4.39. The van der Waals surface area contributed by atoms with E-state index in [1.54, 1.807) is 7.05 Å². The number of hydrogen-bond acceptors (Lipinski definition) is 3. The van der Waals surface area contributed by atoms with Crippen LogP contribution in [0.5, 0.6) is 5.75 Å². The van der Waals surface area contributed by atoms with Crippen LogP contribution >= 0.6 is 12.4 Å². The third-order valence-corrected chi connectivity index (χ3v) is 2.31. The summed E-state index contributed by atoms with van der Waals surface area (Å²) in [5.41, 5.74) is -0.247. The minimum atomic E-state index is -4.42. The van der Waals surface area contributed by atoms with E-state index < -0.39 is 11.9 Å². The average molecular weight is 255 g/mol. The molecule has 3 nitrogen and oxygen atoms in total. The van der Waals surface area contributed by atoms with Gasteiger partial charge in [0.2, 0.25) is 0 Å². The highest BCUT2D eigenvalue weighted by Gasteiger charge is 2.35. The lowest BCUT2D eigenvalue weighted by molar-refractivity contribution is -0.141. The molecule has 0 bridgehead atoms. The highest BCUT2D eigenvalue weighted by atomic mass is 35.5. The number of likely N-dealkylation sites (N-methyl/N-ethyl adjacent to an activating group) is 1. The van der Waals surface area contributed by atoms with E-state index >= 15 is 0 Å². The summed E-state index contributed by atoms with van der Waals surface area (Å²) in [5, 5.41) is 2.93. The number of rotatable bonds is 1. The molecule has 7 heteroatoms. The molecule has 0 saturated carbocycles. The molecule has 0 aliphatic carbocycles. The maximum Gasteiger partial charge on any atom is 0.433 e. The van der Waals surface area contributed by atoms with Crippen molar-refractivity contribution in [2.75, 3.05) is 13.7 Å². The Balaban J connectivity index is 0.00000128. The Labute approximate surface area is 96.4 Å². The molecule has 0 aromatic carbocycles. The van der Waals surface area contributed by atoms with Gasteiger partial charge in [0, 0.05) is 17.8 Å². The highest BCUT2D eigenvalue weighted by molar-refractivity contribution is 5.85. The van der Waals surface area contributed by atoms with Gasteiger partial charge in [-0.1, -0.05) is 0 Å². The molecule has 2 rings (SSSR count).